The van der Waals surface area contributed by atoms with Gasteiger partial charge in [0.15, 0.2) is 5.76 Å². The molecular weight excluding hydrogens is 494 g/mol. The van der Waals surface area contributed by atoms with Crippen LogP contribution < -0.4 is 14.8 Å². The highest BCUT2D eigenvalue weighted by atomic mass is 16.5. The molecule has 0 saturated carbocycles. The molecule has 0 saturated heterocycles. The summed E-state index contributed by atoms with van der Waals surface area (Å²) in [7, 11) is 1.61. The van der Waals surface area contributed by atoms with E-state index in [1.54, 1.807) is 36.1 Å². The molecule has 8 nitrogen and oxygen atoms in total. The van der Waals surface area contributed by atoms with E-state index in [0.717, 1.165) is 27.9 Å². The van der Waals surface area contributed by atoms with Crippen molar-refractivity contribution in [1.29, 1.82) is 0 Å². The molecule has 0 fully saturated rings. The molecule has 0 atom stereocenters. The Bertz CT molecular complexity index is 1630. The molecule has 2 heterocycles. The number of aromatic nitrogens is 2. The van der Waals surface area contributed by atoms with E-state index in [1.165, 1.54) is 13.2 Å². The lowest BCUT2D eigenvalue weighted by molar-refractivity contribution is -0.132. The van der Waals surface area contributed by atoms with Crippen molar-refractivity contribution in [1.82, 2.24) is 9.78 Å². The first kappa shape index (κ1) is 25.5. The topological polar surface area (TPSA) is 95.6 Å². The molecule has 5 rings (SSSR count). The third-order valence-electron chi connectivity index (χ3n) is 6.22. The molecule has 3 aromatic carbocycles. The van der Waals surface area contributed by atoms with Crippen LogP contribution in [0, 0.1) is 13.8 Å². The van der Waals surface area contributed by atoms with E-state index >= 15 is 0 Å². The first-order chi connectivity index (χ1) is 18.8. The van der Waals surface area contributed by atoms with Gasteiger partial charge in [0.2, 0.25) is 5.88 Å². The highest BCUT2D eigenvalue weighted by Crippen LogP contribution is 2.42. The minimum absolute atomic E-state index is 0.216. The lowest BCUT2D eigenvalue weighted by atomic mass is 10.0. The van der Waals surface area contributed by atoms with Crippen LogP contribution in [-0.2, 0) is 4.79 Å². The Morgan fingerprint density at radius 2 is 1.64 bits per heavy atom. The maximum atomic E-state index is 12.4. The fourth-order valence-electron chi connectivity index (χ4n) is 4.28. The van der Waals surface area contributed by atoms with Gasteiger partial charge in [0, 0.05) is 18.2 Å². The third kappa shape index (κ3) is 5.31. The summed E-state index contributed by atoms with van der Waals surface area (Å²) in [6.07, 6.45) is 1.45. The summed E-state index contributed by atoms with van der Waals surface area (Å²) in [5.74, 6) is 0.412. The van der Waals surface area contributed by atoms with Gasteiger partial charge in [-0.3, -0.25) is 9.59 Å². The molecule has 1 N–H and O–H groups in total. The van der Waals surface area contributed by atoms with E-state index < -0.39 is 5.97 Å². The Labute approximate surface area is 225 Å². The number of carbonyl (C=O) groups is 2. The maximum absolute atomic E-state index is 12.4. The first-order valence-corrected chi connectivity index (χ1v) is 12.3. The maximum Gasteiger partial charge on any atom is 0.309 e. The first-order valence-electron chi connectivity index (χ1n) is 12.3. The fraction of sp³-hybridized carbons (Fsp3) is 0.129. The Kier molecular flexibility index (Phi) is 7.01. The van der Waals surface area contributed by atoms with Crippen LogP contribution in [-0.4, -0.2) is 28.8 Å². The summed E-state index contributed by atoms with van der Waals surface area (Å²) in [5, 5.41) is 7.78. The normalized spacial score (nSPS) is 10.8. The van der Waals surface area contributed by atoms with Crippen molar-refractivity contribution in [3.8, 4) is 39.7 Å². The summed E-state index contributed by atoms with van der Waals surface area (Å²) in [5.41, 5.74) is 6.24. The number of ether oxygens (including phenoxy) is 2. The molecule has 39 heavy (non-hydrogen) atoms. The average molecular weight is 522 g/mol. The Hall–Kier alpha value is -5.11. The second kappa shape index (κ2) is 10.7. The second-order valence-electron chi connectivity index (χ2n) is 9.06. The molecular formula is C31H27N3O5. The summed E-state index contributed by atoms with van der Waals surface area (Å²) in [6.45, 7) is 5.35. The van der Waals surface area contributed by atoms with Gasteiger partial charge in [0.05, 0.1) is 24.6 Å². The molecule has 0 spiro atoms. The highest BCUT2D eigenvalue weighted by molar-refractivity contribution is 6.02. The summed E-state index contributed by atoms with van der Waals surface area (Å²) < 4.78 is 18.0. The van der Waals surface area contributed by atoms with Crippen LogP contribution in [0.5, 0.6) is 11.6 Å². The number of rotatable bonds is 7. The van der Waals surface area contributed by atoms with Crippen molar-refractivity contribution in [3.63, 3.8) is 0 Å². The number of amides is 1. The van der Waals surface area contributed by atoms with Crippen molar-refractivity contribution < 1.29 is 23.5 Å². The van der Waals surface area contributed by atoms with Gasteiger partial charge in [-0.1, -0.05) is 24.3 Å². The molecule has 0 aliphatic carbocycles. The van der Waals surface area contributed by atoms with Crippen LogP contribution >= 0.6 is 0 Å². The van der Waals surface area contributed by atoms with E-state index in [-0.39, 0.29) is 11.7 Å². The van der Waals surface area contributed by atoms with E-state index in [0.29, 0.717) is 28.6 Å². The number of nitrogens with zero attached hydrogens (tertiary/aromatic N) is 2. The third-order valence-corrected chi connectivity index (χ3v) is 6.22. The van der Waals surface area contributed by atoms with Crippen molar-refractivity contribution in [2.75, 3.05) is 12.4 Å². The van der Waals surface area contributed by atoms with Crippen molar-refractivity contribution >= 4 is 17.6 Å². The largest absolute Gasteiger partial charge is 0.497 e. The van der Waals surface area contributed by atoms with E-state index in [1.807, 2.05) is 68.4 Å². The van der Waals surface area contributed by atoms with Gasteiger partial charge in [-0.25, -0.2) is 0 Å². The lowest BCUT2D eigenvalue weighted by Gasteiger charge is -2.12. The number of furan rings is 1. The molecule has 0 radical (unpaired) electrons. The molecule has 196 valence electrons. The smallest absolute Gasteiger partial charge is 0.309 e. The number of benzene rings is 3. The Morgan fingerprint density at radius 3 is 2.28 bits per heavy atom. The molecule has 1 amide bonds. The molecule has 0 unspecified atom stereocenters. The van der Waals surface area contributed by atoms with Gasteiger partial charge in [-0.15, -0.1) is 0 Å². The molecule has 8 heteroatoms. The van der Waals surface area contributed by atoms with Gasteiger partial charge < -0.3 is 19.2 Å². The number of esters is 1. The number of aryl methyl sites for hydroxylation is 2. The SMILES string of the molecule is COc1ccc(-c2nn(-c3cc(C)ccc3C)c(OC(C)=O)c2-c2ccc(NC(=O)c3ccco3)cc2)cc1. The van der Waals surface area contributed by atoms with E-state index in [4.69, 9.17) is 19.0 Å². The van der Waals surface area contributed by atoms with Crippen molar-refractivity contribution in [2.24, 2.45) is 0 Å². The second-order valence-corrected chi connectivity index (χ2v) is 9.06. The molecule has 0 aliphatic rings. The van der Waals surface area contributed by atoms with Crippen LogP contribution in [0.1, 0.15) is 28.6 Å². The van der Waals surface area contributed by atoms with Gasteiger partial charge in [-0.05, 0) is 85.1 Å². The Balaban J connectivity index is 1.66. The molecule has 0 bridgehead atoms. The molecule has 2 aromatic heterocycles. The zero-order chi connectivity index (χ0) is 27.5. The predicted octanol–water partition coefficient (Wildman–Crippen LogP) is 6.60. The summed E-state index contributed by atoms with van der Waals surface area (Å²) in [4.78, 5) is 24.7. The summed E-state index contributed by atoms with van der Waals surface area (Å²) in [6, 6.07) is 24.1. The quantitative estimate of drug-likeness (QED) is 0.242. The van der Waals surface area contributed by atoms with Crippen molar-refractivity contribution in [3.05, 3.63) is 102 Å². The van der Waals surface area contributed by atoms with Gasteiger partial charge in [-0.2, -0.15) is 9.78 Å². The number of anilines is 1. The van der Waals surface area contributed by atoms with Crippen LogP contribution in [0.15, 0.2) is 89.5 Å². The number of methoxy groups -OCH3 is 1. The monoisotopic (exact) mass is 521 g/mol. The lowest BCUT2D eigenvalue weighted by Crippen LogP contribution is -2.10. The average Bonchev–Trinajstić information content (AvgIpc) is 3.59. The zero-order valence-corrected chi connectivity index (χ0v) is 22.0. The fourth-order valence-corrected chi connectivity index (χ4v) is 4.28. The molecule has 0 aliphatic heterocycles. The molecule has 5 aromatic rings. The minimum Gasteiger partial charge on any atom is -0.497 e. The highest BCUT2D eigenvalue weighted by Gasteiger charge is 2.25. The minimum atomic E-state index is -0.466. The standard InChI is InChI=1S/C31H27N3O5/c1-19-7-8-20(2)26(18-19)34-31(39-21(3)35)28(29(33-34)23-11-15-25(37-4)16-12-23)22-9-13-24(14-10-22)32-30(36)27-6-5-17-38-27/h5-18H,1-4H3,(H,32,36). The van der Waals surface area contributed by atoms with Crippen LogP contribution in [0.2, 0.25) is 0 Å². The predicted molar refractivity (Wildman–Crippen MR) is 148 cm³/mol. The van der Waals surface area contributed by atoms with Gasteiger partial charge in [0.25, 0.3) is 5.91 Å². The number of hydrogen-bond donors (Lipinski definition) is 1. The Morgan fingerprint density at radius 1 is 0.923 bits per heavy atom. The number of hydrogen-bond acceptors (Lipinski definition) is 6. The van der Waals surface area contributed by atoms with Gasteiger partial charge in [0.1, 0.15) is 11.4 Å². The van der Waals surface area contributed by atoms with Gasteiger partial charge >= 0.3 is 5.97 Å². The van der Waals surface area contributed by atoms with E-state index in [2.05, 4.69) is 5.32 Å². The van der Waals surface area contributed by atoms with Crippen molar-refractivity contribution in [2.45, 2.75) is 20.8 Å². The number of nitrogens with one attached hydrogen (secondary N) is 1. The van der Waals surface area contributed by atoms with Crippen LogP contribution in [0.25, 0.3) is 28.1 Å². The number of carbonyl (C=O) groups excluding carboxylic acids is 2. The van der Waals surface area contributed by atoms with E-state index in [9.17, 15) is 9.59 Å². The van der Waals surface area contributed by atoms with Crippen LogP contribution in [0.4, 0.5) is 5.69 Å². The van der Waals surface area contributed by atoms with Crippen LogP contribution in [0.3, 0.4) is 0 Å². The summed E-state index contributed by atoms with van der Waals surface area (Å²) >= 11 is 0. The zero-order valence-electron chi connectivity index (χ0n) is 22.0.